The summed E-state index contributed by atoms with van der Waals surface area (Å²) in [4.78, 5) is 16.3. The lowest BCUT2D eigenvalue weighted by Crippen LogP contribution is -2.47. The minimum absolute atomic E-state index is 0.0676. The van der Waals surface area contributed by atoms with Crippen LogP contribution in [0.25, 0.3) is 10.9 Å². The van der Waals surface area contributed by atoms with Crippen LogP contribution in [0.2, 0.25) is 0 Å². The number of aliphatic hydroxyl groups is 1. The summed E-state index contributed by atoms with van der Waals surface area (Å²) >= 11 is 0. The van der Waals surface area contributed by atoms with E-state index in [0.29, 0.717) is 29.8 Å². The number of carbonyl (C=O) groups excluding carboxylic acids is 1. The SMILES string of the molecule is COc1ccc2ccc(F)c(C[C@H](O)[C@@H]3CC[C@@H](NC(=O)OC(C)(C)C)CO3)c2n1. The van der Waals surface area contributed by atoms with E-state index in [-0.39, 0.29) is 19.1 Å². The number of nitrogens with zero attached hydrogens (tertiary/aromatic N) is 1. The van der Waals surface area contributed by atoms with Crippen LogP contribution in [-0.4, -0.2) is 53.8 Å². The zero-order chi connectivity index (χ0) is 21.9. The first-order valence-electron chi connectivity index (χ1n) is 10.1. The molecule has 1 fully saturated rings. The Bertz CT molecular complexity index is 891. The van der Waals surface area contributed by atoms with Gasteiger partial charge in [-0.3, -0.25) is 0 Å². The molecule has 3 atom stereocenters. The van der Waals surface area contributed by atoms with E-state index >= 15 is 0 Å². The third kappa shape index (κ3) is 5.58. The van der Waals surface area contributed by atoms with Crippen molar-refractivity contribution in [2.75, 3.05) is 13.7 Å². The van der Waals surface area contributed by atoms with Gasteiger partial charge in [-0.05, 0) is 51.8 Å². The van der Waals surface area contributed by atoms with Crippen molar-refractivity contribution < 1.29 is 28.5 Å². The van der Waals surface area contributed by atoms with Crippen molar-refractivity contribution in [3.63, 3.8) is 0 Å². The summed E-state index contributed by atoms with van der Waals surface area (Å²) in [7, 11) is 1.50. The third-order valence-electron chi connectivity index (χ3n) is 4.97. The Kier molecular flexibility index (Phi) is 6.77. The van der Waals surface area contributed by atoms with Crippen LogP contribution in [0, 0.1) is 5.82 Å². The summed E-state index contributed by atoms with van der Waals surface area (Å²) in [5.41, 5.74) is 0.225. The molecular formula is C22H29FN2O5. The van der Waals surface area contributed by atoms with Gasteiger partial charge >= 0.3 is 6.09 Å². The summed E-state index contributed by atoms with van der Waals surface area (Å²) in [6.45, 7) is 5.65. The number of fused-ring (bicyclic) bond motifs is 1. The second-order valence-corrected chi connectivity index (χ2v) is 8.52. The predicted octanol–water partition coefficient (Wildman–Crippen LogP) is 3.36. The lowest BCUT2D eigenvalue weighted by molar-refractivity contribution is -0.0720. The zero-order valence-electron chi connectivity index (χ0n) is 17.8. The van der Waals surface area contributed by atoms with Crippen LogP contribution in [0.4, 0.5) is 9.18 Å². The van der Waals surface area contributed by atoms with Gasteiger partial charge in [-0.25, -0.2) is 14.2 Å². The molecule has 0 aliphatic carbocycles. The van der Waals surface area contributed by atoms with E-state index in [0.717, 1.165) is 5.39 Å². The number of halogens is 1. The number of methoxy groups -OCH3 is 1. The maximum absolute atomic E-state index is 14.5. The van der Waals surface area contributed by atoms with E-state index in [1.54, 1.807) is 39.0 Å². The number of nitrogens with one attached hydrogen (secondary N) is 1. The Morgan fingerprint density at radius 1 is 1.33 bits per heavy atom. The first-order chi connectivity index (χ1) is 14.2. The number of aromatic nitrogens is 1. The van der Waals surface area contributed by atoms with Crippen LogP contribution in [0.3, 0.4) is 0 Å². The van der Waals surface area contributed by atoms with Gasteiger partial charge in [0.2, 0.25) is 5.88 Å². The van der Waals surface area contributed by atoms with Gasteiger partial charge in [-0.1, -0.05) is 0 Å². The van der Waals surface area contributed by atoms with Crippen molar-refractivity contribution in [2.24, 2.45) is 0 Å². The van der Waals surface area contributed by atoms with Crippen LogP contribution < -0.4 is 10.1 Å². The van der Waals surface area contributed by atoms with Crippen molar-refractivity contribution in [1.29, 1.82) is 0 Å². The summed E-state index contributed by atoms with van der Waals surface area (Å²) in [5, 5.41) is 14.2. The van der Waals surface area contributed by atoms with Crippen molar-refractivity contribution in [3.8, 4) is 5.88 Å². The Morgan fingerprint density at radius 3 is 2.70 bits per heavy atom. The first-order valence-corrected chi connectivity index (χ1v) is 10.1. The number of amides is 1. The molecule has 8 heteroatoms. The standard InChI is InChI=1S/C22H29FN2O5/c1-22(2,3)30-21(27)24-14-7-9-18(29-12-14)17(26)11-15-16(23)8-5-13-6-10-19(28-4)25-20(13)15/h5-6,8,10,14,17-18,26H,7,9,11-12H2,1-4H3,(H,24,27)/t14-,17+,18+/m1/s1. The molecule has 1 aliphatic rings. The van der Waals surface area contributed by atoms with Crippen molar-refractivity contribution >= 4 is 17.0 Å². The molecule has 2 aromatic rings. The van der Waals surface area contributed by atoms with E-state index in [1.165, 1.54) is 13.2 Å². The van der Waals surface area contributed by atoms with Crippen LogP contribution >= 0.6 is 0 Å². The average molecular weight is 420 g/mol. The molecule has 3 rings (SSSR count). The first kappa shape index (κ1) is 22.2. The Hall–Kier alpha value is -2.45. The number of rotatable bonds is 5. The second kappa shape index (κ2) is 9.14. The zero-order valence-corrected chi connectivity index (χ0v) is 17.8. The normalized spacial score (nSPS) is 20.6. The van der Waals surface area contributed by atoms with Gasteiger partial charge in [0.1, 0.15) is 11.4 Å². The molecular weight excluding hydrogens is 391 g/mol. The molecule has 0 bridgehead atoms. The molecule has 1 aliphatic heterocycles. The molecule has 7 nitrogen and oxygen atoms in total. The Labute approximate surface area is 175 Å². The van der Waals surface area contributed by atoms with E-state index < -0.39 is 29.7 Å². The van der Waals surface area contributed by atoms with Crippen molar-refractivity contribution in [2.45, 2.75) is 63.9 Å². The minimum Gasteiger partial charge on any atom is -0.481 e. The Balaban J connectivity index is 1.62. The quantitative estimate of drug-likeness (QED) is 0.771. The summed E-state index contributed by atoms with van der Waals surface area (Å²) in [6.07, 6.45) is -0.621. The summed E-state index contributed by atoms with van der Waals surface area (Å²) in [6, 6.07) is 6.35. The molecule has 0 saturated carbocycles. The van der Waals surface area contributed by atoms with Gasteiger partial charge < -0.3 is 24.6 Å². The van der Waals surface area contributed by atoms with Crippen molar-refractivity contribution in [1.82, 2.24) is 10.3 Å². The number of aliphatic hydroxyl groups excluding tert-OH is 1. The molecule has 1 aromatic carbocycles. The van der Waals surface area contributed by atoms with E-state index in [9.17, 15) is 14.3 Å². The summed E-state index contributed by atoms with van der Waals surface area (Å²) < 4.78 is 30.7. The van der Waals surface area contributed by atoms with Crippen LogP contribution in [-0.2, 0) is 15.9 Å². The van der Waals surface area contributed by atoms with Gasteiger partial charge in [-0.15, -0.1) is 0 Å². The largest absolute Gasteiger partial charge is 0.481 e. The minimum atomic E-state index is -0.902. The maximum Gasteiger partial charge on any atom is 0.407 e. The highest BCUT2D eigenvalue weighted by Gasteiger charge is 2.30. The highest BCUT2D eigenvalue weighted by atomic mass is 19.1. The fourth-order valence-corrected chi connectivity index (χ4v) is 3.52. The number of ether oxygens (including phenoxy) is 3. The molecule has 164 valence electrons. The fourth-order valence-electron chi connectivity index (χ4n) is 3.52. The molecule has 0 spiro atoms. The van der Waals surface area contributed by atoms with Crippen LogP contribution in [0.5, 0.6) is 5.88 Å². The smallest absolute Gasteiger partial charge is 0.407 e. The van der Waals surface area contributed by atoms with Crippen LogP contribution in [0.1, 0.15) is 39.2 Å². The predicted molar refractivity (Wildman–Crippen MR) is 110 cm³/mol. The number of pyridine rings is 1. The monoisotopic (exact) mass is 420 g/mol. The lowest BCUT2D eigenvalue weighted by Gasteiger charge is -2.32. The fraction of sp³-hybridized carbons (Fsp3) is 0.545. The number of carbonyl (C=O) groups is 1. The molecule has 1 amide bonds. The van der Waals surface area contributed by atoms with E-state index in [4.69, 9.17) is 14.2 Å². The molecule has 2 N–H and O–H groups in total. The van der Waals surface area contributed by atoms with Gasteiger partial charge in [0.05, 0.1) is 37.5 Å². The van der Waals surface area contributed by atoms with Gasteiger partial charge in [0.15, 0.2) is 0 Å². The highest BCUT2D eigenvalue weighted by Crippen LogP contribution is 2.26. The lowest BCUT2D eigenvalue weighted by atomic mass is 9.95. The average Bonchev–Trinajstić information content (AvgIpc) is 2.68. The Morgan fingerprint density at radius 2 is 2.07 bits per heavy atom. The van der Waals surface area contributed by atoms with Gasteiger partial charge in [0.25, 0.3) is 0 Å². The molecule has 2 heterocycles. The van der Waals surface area contributed by atoms with Crippen molar-refractivity contribution in [3.05, 3.63) is 35.6 Å². The van der Waals surface area contributed by atoms with Gasteiger partial charge in [0, 0.05) is 23.4 Å². The number of alkyl carbamates (subject to hydrolysis) is 1. The maximum atomic E-state index is 14.5. The topological polar surface area (TPSA) is 89.9 Å². The molecule has 0 radical (unpaired) electrons. The number of hydrogen-bond acceptors (Lipinski definition) is 6. The van der Waals surface area contributed by atoms with E-state index in [2.05, 4.69) is 10.3 Å². The third-order valence-corrected chi connectivity index (χ3v) is 4.97. The second-order valence-electron chi connectivity index (χ2n) is 8.52. The molecule has 1 saturated heterocycles. The molecule has 30 heavy (non-hydrogen) atoms. The highest BCUT2D eigenvalue weighted by molar-refractivity contribution is 5.82. The van der Waals surface area contributed by atoms with Crippen LogP contribution in [0.15, 0.2) is 24.3 Å². The molecule has 0 unspecified atom stereocenters. The number of benzene rings is 1. The molecule has 1 aromatic heterocycles. The van der Waals surface area contributed by atoms with Gasteiger partial charge in [-0.2, -0.15) is 0 Å². The van der Waals surface area contributed by atoms with E-state index in [1.807, 2.05) is 0 Å². The number of hydrogen-bond donors (Lipinski definition) is 2. The summed E-state index contributed by atoms with van der Waals surface area (Å²) in [5.74, 6) is -0.0450.